The summed E-state index contributed by atoms with van der Waals surface area (Å²) in [6.45, 7) is 0.337. The van der Waals surface area contributed by atoms with Crippen LogP contribution >= 0.6 is 0 Å². The van der Waals surface area contributed by atoms with E-state index in [0.717, 1.165) is 38.9 Å². The quantitative estimate of drug-likeness (QED) is 0.483. The second kappa shape index (κ2) is 7.62. The number of aryl methyl sites for hydroxylation is 1. The van der Waals surface area contributed by atoms with Crippen LogP contribution in [0.1, 0.15) is 28.8 Å². The molecule has 2 aromatic carbocycles. The number of carbonyl (C=O) groups excluding carboxylic acids is 3. The summed E-state index contributed by atoms with van der Waals surface area (Å²) in [7, 11) is 1.91. The Kier molecular flexibility index (Phi) is 4.55. The van der Waals surface area contributed by atoms with Gasteiger partial charge < -0.3 is 4.90 Å². The smallest absolute Gasteiger partial charge is 0.255 e. The van der Waals surface area contributed by atoms with Crippen molar-refractivity contribution < 1.29 is 14.4 Å². The molecular formula is C26H21N5O3. The fourth-order valence-corrected chi connectivity index (χ4v) is 4.95. The first-order valence-corrected chi connectivity index (χ1v) is 11.1. The van der Waals surface area contributed by atoms with E-state index in [0.29, 0.717) is 18.5 Å². The van der Waals surface area contributed by atoms with Crippen molar-refractivity contribution in [1.82, 2.24) is 25.0 Å². The molecule has 168 valence electrons. The molecule has 0 saturated carbocycles. The van der Waals surface area contributed by atoms with Gasteiger partial charge in [0.25, 0.3) is 5.91 Å². The largest absolute Gasteiger partial charge is 0.322 e. The lowest BCUT2D eigenvalue weighted by Crippen LogP contribution is -2.52. The molecule has 34 heavy (non-hydrogen) atoms. The molecule has 3 amide bonds. The lowest BCUT2D eigenvalue weighted by Gasteiger charge is -2.29. The van der Waals surface area contributed by atoms with Gasteiger partial charge in [0, 0.05) is 48.3 Å². The third kappa shape index (κ3) is 3.18. The number of fused-ring (bicyclic) bond motifs is 2. The highest BCUT2D eigenvalue weighted by Crippen LogP contribution is 2.36. The third-order valence-electron chi connectivity index (χ3n) is 6.65. The van der Waals surface area contributed by atoms with Gasteiger partial charge in [0.2, 0.25) is 11.8 Å². The molecule has 0 bridgehead atoms. The fraction of sp³-hybridized carbons (Fsp3) is 0.192. The zero-order valence-corrected chi connectivity index (χ0v) is 18.5. The molecule has 8 nitrogen and oxygen atoms in total. The average molecular weight is 451 g/mol. The van der Waals surface area contributed by atoms with Crippen molar-refractivity contribution >= 4 is 28.6 Å². The van der Waals surface area contributed by atoms with Gasteiger partial charge in [-0.25, -0.2) is 0 Å². The fourth-order valence-electron chi connectivity index (χ4n) is 4.95. The Morgan fingerprint density at radius 3 is 2.71 bits per heavy atom. The maximum Gasteiger partial charge on any atom is 0.255 e. The number of rotatable bonds is 3. The lowest BCUT2D eigenvalue weighted by molar-refractivity contribution is -0.136. The summed E-state index contributed by atoms with van der Waals surface area (Å²) < 4.78 is 1.84. The van der Waals surface area contributed by atoms with Gasteiger partial charge in [0.05, 0.1) is 17.4 Å². The molecule has 8 heteroatoms. The van der Waals surface area contributed by atoms with Crippen LogP contribution in [-0.4, -0.2) is 43.4 Å². The summed E-state index contributed by atoms with van der Waals surface area (Å²) in [5.41, 5.74) is 6.22. The number of piperidine rings is 1. The van der Waals surface area contributed by atoms with E-state index in [1.165, 1.54) is 0 Å². The highest BCUT2D eigenvalue weighted by molar-refractivity contribution is 6.05. The van der Waals surface area contributed by atoms with Crippen LogP contribution in [0.3, 0.4) is 0 Å². The van der Waals surface area contributed by atoms with E-state index in [1.54, 1.807) is 11.1 Å². The molecule has 6 rings (SSSR count). The number of amides is 3. The average Bonchev–Trinajstić information content (AvgIpc) is 3.38. The van der Waals surface area contributed by atoms with Crippen molar-refractivity contribution in [2.75, 3.05) is 0 Å². The molecule has 0 spiro atoms. The van der Waals surface area contributed by atoms with Crippen LogP contribution in [-0.2, 0) is 23.2 Å². The Bertz CT molecular complexity index is 1510. The first kappa shape index (κ1) is 20.3. The summed E-state index contributed by atoms with van der Waals surface area (Å²) in [6.07, 6.45) is 4.19. The number of pyridine rings is 1. The standard InChI is InChI=1S/C26H21N5O3/c1-30-24(17-5-4-15-3-2-10-27-21(15)12-17)20(13-28-30)16-6-7-19-18(11-16)14-31(26(19)34)22-8-9-23(32)29-25(22)33/h2-7,10-13,22H,8-9,14H2,1H3,(H,29,32,33). The number of carbonyl (C=O) groups is 3. The molecule has 2 aromatic heterocycles. The third-order valence-corrected chi connectivity index (χ3v) is 6.65. The van der Waals surface area contributed by atoms with Gasteiger partial charge in [-0.3, -0.25) is 29.4 Å². The number of nitrogens with zero attached hydrogens (tertiary/aromatic N) is 4. The van der Waals surface area contributed by atoms with E-state index in [4.69, 9.17) is 0 Å². The monoisotopic (exact) mass is 451 g/mol. The van der Waals surface area contributed by atoms with Gasteiger partial charge >= 0.3 is 0 Å². The predicted molar refractivity (Wildman–Crippen MR) is 125 cm³/mol. The molecule has 1 saturated heterocycles. The van der Waals surface area contributed by atoms with E-state index < -0.39 is 11.9 Å². The van der Waals surface area contributed by atoms with Crippen LogP contribution in [0.5, 0.6) is 0 Å². The van der Waals surface area contributed by atoms with E-state index in [-0.39, 0.29) is 18.2 Å². The van der Waals surface area contributed by atoms with E-state index in [1.807, 2.05) is 54.3 Å². The number of hydrogen-bond donors (Lipinski definition) is 1. The van der Waals surface area contributed by atoms with Crippen molar-refractivity contribution in [1.29, 1.82) is 0 Å². The molecule has 1 N–H and O–H groups in total. The highest BCUT2D eigenvalue weighted by Gasteiger charge is 2.39. The first-order valence-electron chi connectivity index (χ1n) is 11.1. The molecule has 2 aliphatic rings. The highest BCUT2D eigenvalue weighted by atomic mass is 16.2. The van der Waals surface area contributed by atoms with Gasteiger partial charge in [-0.1, -0.05) is 24.3 Å². The van der Waals surface area contributed by atoms with Crippen molar-refractivity contribution in [2.24, 2.45) is 7.05 Å². The second-order valence-electron chi connectivity index (χ2n) is 8.71. The summed E-state index contributed by atoms with van der Waals surface area (Å²) in [5, 5.41) is 7.91. The Morgan fingerprint density at radius 2 is 1.85 bits per heavy atom. The molecule has 4 heterocycles. The van der Waals surface area contributed by atoms with Crippen LogP contribution in [0.25, 0.3) is 33.3 Å². The summed E-state index contributed by atoms with van der Waals surface area (Å²) in [4.78, 5) is 42.9. The van der Waals surface area contributed by atoms with Crippen molar-refractivity contribution in [3.05, 3.63) is 72.1 Å². The number of nitrogens with one attached hydrogen (secondary N) is 1. The minimum Gasteiger partial charge on any atom is -0.322 e. The summed E-state index contributed by atoms with van der Waals surface area (Å²) in [5.74, 6) is -0.874. The number of aromatic nitrogens is 3. The molecular weight excluding hydrogens is 430 g/mol. The van der Waals surface area contributed by atoms with Gasteiger partial charge in [-0.05, 0) is 41.8 Å². The van der Waals surface area contributed by atoms with Crippen LogP contribution < -0.4 is 5.32 Å². The lowest BCUT2D eigenvalue weighted by atomic mass is 9.97. The minimum absolute atomic E-state index is 0.178. The zero-order chi connectivity index (χ0) is 23.4. The Hall–Kier alpha value is -4.33. The van der Waals surface area contributed by atoms with Gasteiger partial charge in [0.15, 0.2) is 0 Å². The minimum atomic E-state index is -0.625. The number of benzene rings is 2. The number of hydrogen-bond acceptors (Lipinski definition) is 5. The van der Waals surface area contributed by atoms with Crippen LogP contribution in [0.15, 0.2) is 60.9 Å². The molecule has 4 aromatic rings. The van der Waals surface area contributed by atoms with E-state index >= 15 is 0 Å². The van der Waals surface area contributed by atoms with Crippen molar-refractivity contribution in [2.45, 2.75) is 25.4 Å². The van der Waals surface area contributed by atoms with Crippen LogP contribution in [0.2, 0.25) is 0 Å². The number of imide groups is 1. The van der Waals surface area contributed by atoms with Crippen LogP contribution in [0.4, 0.5) is 0 Å². The maximum absolute atomic E-state index is 13.0. The second-order valence-corrected chi connectivity index (χ2v) is 8.71. The topological polar surface area (TPSA) is 97.2 Å². The summed E-state index contributed by atoms with van der Waals surface area (Å²) in [6, 6.07) is 15.2. The first-order chi connectivity index (χ1) is 16.5. The zero-order valence-electron chi connectivity index (χ0n) is 18.5. The van der Waals surface area contributed by atoms with Crippen LogP contribution in [0, 0.1) is 0 Å². The van der Waals surface area contributed by atoms with Gasteiger partial charge in [0.1, 0.15) is 6.04 Å². The Morgan fingerprint density at radius 1 is 1.00 bits per heavy atom. The molecule has 0 radical (unpaired) electrons. The maximum atomic E-state index is 13.0. The molecule has 0 aliphatic carbocycles. The van der Waals surface area contributed by atoms with Gasteiger partial charge in [-0.15, -0.1) is 0 Å². The van der Waals surface area contributed by atoms with Crippen molar-refractivity contribution in [3.8, 4) is 22.4 Å². The SMILES string of the molecule is Cn1ncc(-c2ccc3c(c2)CN(C2CCC(=O)NC2=O)C3=O)c1-c1ccc2cccnc2c1. The summed E-state index contributed by atoms with van der Waals surface area (Å²) >= 11 is 0. The van der Waals surface area contributed by atoms with E-state index in [2.05, 4.69) is 27.5 Å². The van der Waals surface area contributed by atoms with E-state index in [9.17, 15) is 14.4 Å². The normalized spacial score (nSPS) is 17.9. The molecule has 1 fully saturated rings. The predicted octanol–water partition coefficient (Wildman–Crippen LogP) is 3.06. The van der Waals surface area contributed by atoms with Gasteiger partial charge in [-0.2, -0.15) is 5.10 Å². The Labute approximate surface area is 195 Å². The Balaban J connectivity index is 1.36. The molecule has 1 atom stereocenters. The molecule has 1 unspecified atom stereocenters. The molecule has 2 aliphatic heterocycles. The van der Waals surface area contributed by atoms with Crippen molar-refractivity contribution in [3.63, 3.8) is 0 Å².